The van der Waals surface area contributed by atoms with E-state index in [-0.39, 0.29) is 5.75 Å². The molecular formula is C13H15NO4S. The van der Waals surface area contributed by atoms with Crippen LogP contribution in [-0.2, 0) is 4.79 Å². The van der Waals surface area contributed by atoms with Crippen LogP contribution in [0.2, 0.25) is 0 Å². The molecule has 1 aromatic carbocycles. The van der Waals surface area contributed by atoms with E-state index in [4.69, 9.17) is 0 Å². The molecule has 1 fully saturated rings. The zero-order chi connectivity index (χ0) is 14.0. The number of hydrogen-bond donors (Lipinski definition) is 3. The number of benzene rings is 1. The summed E-state index contributed by atoms with van der Waals surface area (Å²) in [6.07, 6.45) is 0.426. The number of nitrogens with one attached hydrogen (secondary N) is 1. The Morgan fingerprint density at radius 2 is 2.16 bits per heavy atom. The number of phenolic OH excluding ortho intramolecular Hbond substituents is 1. The van der Waals surface area contributed by atoms with Gasteiger partial charge in [-0.3, -0.25) is 4.79 Å². The van der Waals surface area contributed by atoms with Crippen molar-refractivity contribution in [3.05, 3.63) is 29.3 Å². The van der Waals surface area contributed by atoms with Crippen LogP contribution < -0.4 is 5.32 Å². The molecule has 0 spiro atoms. The van der Waals surface area contributed by atoms with Crippen LogP contribution in [0, 0.1) is 6.92 Å². The number of carboxylic acids is 1. The maximum absolute atomic E-state index is 12.2. The Hall–Kier alpha value is -1.69. The highest BCUT2D eigenvalue weighted by atomic mass is 32.2. The van der Waals surface area contributed by atoms with Crippen LogP contribution >= 0.6 is 11.8 Å². The first-order valence-corrected chi connectivity index (χ1v) is 7.03. The van der Waals surface area contributed by atoms with E-state index in [9.17, 15) is 19.8 Å². The van der Waals surface area contributed by atoms with Gasteiger partial charge in [0.1, 0.15) is 11.3 Å². The van der Waals surface area contributed by atoms with Gasteiger partial charge in [-0.25, -0.2) is 4.79 Å². The number of hydrogen-bond acceptors (Lipinski definition) is 4. The van der Waals surface area contributed by atoms with Gasteiger partial charge in [-0.05, 0) is 42.9 Å². The second-order valence-electron chi connectivity index (χ2n) is 4.64. The first kappa shape index (κ1) is 13.7. The molecule has 0 aromatic heterocycles. The zero-order valence-electron chi connectivity index (χ0n) is 10.5. The van der Waals surface area contributed by atoms with Crippen molar-refractivity contribution >= 4 is 23.6 Å². The maximum Gasteiger partial charge on any atom is 0.330 e. The average molecular weight is 281 g/mol. The lowest BCUT2D eigenvalue weighted by Crippen LogP contribution is -2.54. The largest absolute Gasteiger partial charge is 0.508 e. The fraction of sp³-hybridized carbons (Fsp3) is 0.385. The van der Waals surface area contributed by atoms with Crippen molar-refractivity contribution in [1.82, 2.24) is 5.32 Å². The summed E-state index contributed by atoms with van der Waals surface area (Å²) in [6.45, 7) is 1.70. The standard InChI is InChI=1S/C13H15NO4S/c1-8-6-9(15)2-3-10(8)11(16)14-13(12(17)18)4-5-19-7-13/h2-3,6,15H,4-5,7H2,1H3,(H,14,16)(H,17,18). The molecule has 3 N–H and O–H groups in total. The number of carbonyl (C=O) groups is 2. The Bertz CT molecular complexity index is 523. The molecule has 1 aliphatic heterocycles. The number of aliphatic carboxylic acids is 1. The van der Waals surface area contributed by atoms with Gasteiger partial charge < -0.3 is 15.5 Å². The Morgan fingerprint density at radius 3 is 2.68 bits per heavy atom. The van der Waals surface area contributed by atoms with Crippen molar-refractivity contribution in [2.45, 2.75) is 18.9 Å². The third-order valence-corrected chi connectivity index (χ3v) is 4.43. The number of phenols is 1. The third-order valence-electron chi connectivity index (χ3n) is 3.24. The Labute approximate surface area is 115 Å². The van der Waals surface area contributed by atoms with Gasteiger partial charge in [0.05, 0.1) is 0 Å². The number of amides is 1. The van der Waals surface area contributed by atoms with Gasteiger partial charge in [0.15, 0.2) is 0 Å². The van der Waals surface area contributed by atoms with Gasteiger partial charge >= 0.3 is 5.97 Å². The molecule has 0 bridgehead atoms. The number of aryl methyl sites for hydroxylation is 1. The molecule has 0 aliphatic carbocycles. The summed E-state index contributed by atoms with van der Waals surface area (Å²) in [5.74, 6) is -0.227. The van der Waals surface area contributed by atoms with Crippen molar-refractivity contribution in [3.8, 4) is 5.75 Å². The molecule has 19 heavy (non-hydrogen) atoms. The minimum atomic E-state index is -1.17. The normalized spacial score (nSPS) is 22.2. The highest BCUT2D eigenvalue weighted by molar-refractivity contribution is 7.99. The molecule has 1 aliphatic rings. The average Bonchev–Trinajstić information content (AvgIpc) is 2.78. The fourth-order valence-corrected chi connectivity index (χ4v) is 3.40. The van der Waals surface area contributed by atoms with Crippen molar-refractivity contribution in [3.63, 3.8) is 0 Å². The topological polar surface area (TPSA) is 86.6 Å². The quantitative estimate of drug-likeness (QED) is 0.779. The van der Waals surface area contributed by atoms with Gasteiger partial charge in [0, 0.05) is 11.3 Å². The minimum Gasteiger partial charge on any atom is -0.508 e. The van der Waals surface area contributed by atoms with E-state index in [1.165, 1.54) is 30.0 Å². The van der Waals surface area contributed by atoms with Crippen molar-refractivity contribution in [1.29, 1.82) is 0 Å². The predicted molar refractivity (Wildman–Crippen MR) is 72.6 cm³/mol. The van der Waals surface area contributed by atoms with Gasteiger partial charge in [-0.1, -0.05) is 0 Å². The molecule has 1 aromatic rings. The van der Waals surface area contributed by atoms with Crippen LogP contribution in [0.4, 0.5) is 0 Å². The van der Waals surface area contributed by atoms with Crippen molar-refractivity contribution in [2.75, 3.05) is 11.5 Å². The summed E-state index contributed by atoms with van der Waals surface area (Å²) < 4.78 is 0. The van der Waals surface area contributed by atoms with E-state index in [2.05, 4.69) is 5.32 Å². The molecular weight excluding hydrogens is 266 g/mol. The lowest BCUT2D eigenvalue weighted by molar-refractivity contribution is -0.143. The molecule has 1 heterocycles. The van der Waals surface area contributed by atoms with E-state index in [1.807, 2.05) is 0 Å². The van der Waals surface area contributed by atoms with Crippen LogP contribution in [0.5, 0.6) is 5.75 Å². The highest BCUT2D eigenvalue weighted by Crippen LogP contribution is 2.29. The van der Waals surface area contributed by atoms with Crippen molar-refractivity contribution < 1.29 is 19.8 Å². The van der Waals surface area contributed by atoms with E-state index >= 15 is 0 Å². The highest BCUT2D eigenvalue weighted by Gasteiger charge is 2.43. The Balaban J connectivity index is 2.22. The van der Waals surface area contributed by atoms with Crippen molar-refractivity contribution in [2.24, 2.45) is 0 Å². The van der Waals surface area contributed by atoms with Crippen LogP contribution in [0.25, 0.3) is 0 Å². The summed E-state index contributed by atoms with van der Waals surface area (Å²) in [5, 5.41) is 21.2. The van der Waals surface area contributed by atoms with Gasteiger partial charge in [0.25, 0.3) is 5.91 Å². The second-order valence-corrected chi connectivity index (χ2v) is 5.75. The molecule has 2 rings (SSSR count). The van der Waals surface area contributed by atoms with Crippen LogP contribution in [-0.4, -0.2) is 39.1 Å². The van der Waals surface area contributed by atoms with Gasteiger partial charge in [-0.15, -0.1) is 0 Å². The number of thioether (sulfide) groups is 1. The van der Waals surface area contributed by atoms with Gasteiger partial charge in [-0.2, -0.15) is 11.8 Å². The summed E-state index contributed by atoms with van der Waals surface area (Å²) in [6, 6.07) is 4.39. The Morgan fingerprint density at radius 1 is 1.42 bits per heavy atom. The lowest BCUT2D eigenvalue weighted by Gasteiger charge is -2.25. The maximum atomic E-state index is 12.2. The first-order valence-electron chi connectivity index (χ1n) is 5.88. The van der Waals surface area contributed by atoms with E-state index in [0.29, 0.717) is 23.3 Å². The smallest absolute Gasteiger partial charge is 0.330 e. The predicted octanol–water partition coefficient (Wildman–Crippen LogP) is 1.39. The SMILES string of the molecule is Cc1cc(O)ccc1C(=O)NC1(C(=O)O)CCSC1. The van der Waals surface area contributed by atoms with E-state index in [0.717, 1.165) is 5.75 Å². The number of carbonyl (C=O) groups excluding carboxylic acids is 1. The minimum absolute atomic E-state index is 0.0819. The Kier molecular flexibility index (Phi) is 3.71. The summed E-state index contributed by atoms with van der Waals surface area (Å²) in [5.41, 5.74) is -0.175. The molecule has 5 nitrogen and oxygen atoms in total. The number of rotatable bonds is 3. The van der Waals surface area contributed by atoms with Crippen LogP contribution in [0.1, 0.15) is 22.3 Å². The van der Waals surface area contributed by atoms with E-state index < -0.39 is 17.4 Å². The molecule has 1 amide bonds. The summed E-state index contributed by atoms with van der Waals surface area (Å²) >= 11 is 1.52. The number of aromatic hydroxyl groups is 1. The second kappa shape index (κ2) is 5.13. The zero-order valence-corrected chi connectivity index (χ0v) is 11.3. The van der Waals surface area contributed by atoms with Gasteiger partial charge in [0.2, 0.25) is 0 Å². The number of carboxylic acid groups (broad SMARTS) is 1. The monoisotopic (exact) mass is 281 g/mol. The molecule has 1 atom stereocenters. The van der Waals surface area contributed by atoms with Crippen LogP contribution in [0.3, 0.4) is 0 Å². The summed E-state index contributed by atoms with van der Waals surface area (Å²) in [7, 11) is 0. The molecule has 1 saturated heterocycles. The molecule has 0 radical (unpaired) electrons. The third kappa shape index (κ3) is 2.68. The molecule has 1 unspecified atom stereocenters. The summed E-state index contributed by atoms with van der Waals surface area (Å²) in [4.78, 5) is 23.5. The fourth-order valence-electron chi connectivity index (χ4n) is 2.07. The van der Waals surface area contributed by atoms with E-state index in [1.54, 1.807) is 6.92 Å². The first-order chi connectivity index (χ1) is 8.94. The lowest BCUT2D eigenvalue weighted by atomic mass is 9.97. The molecule has 0 saturated carbocycles. The molecule has 102 valence electrons. The van der Waals surface area contributed by atoms with Crippen LogP contribution in [0.15, 0.2) is 18.2 Å². The molecule has 6 heteroatoms.